The molecule has 2 unspecified atom stereocenters. The van der Waals surface area contributed by atoms with Crippen molar-refractivity contribution in [2.45, 2.75) is 24.5 Å². The van der Waals surface area contributed by atoms with E-state index in [0.29, 0.717) is 37.8 Å². The lowest BCUT2D eigenvalue weighted by Gasteiger charge is -2.50. The second-order valence-corrected chi connectivity index (χ2v) is 8.65. The molecule has 1 aromatic rings. The number of β-amino-alcohol motifs (C(OH)–C–C–N with tert-alkyl or cyclic N) is 1. The number of hydrogen-bond acceptors (Lipinski definition) is 5. The summed E-state index contributed by atoms with van der Waals surface area (Å²) in [6, 6.07) is 9.22. The third-order valence-corrected chi connectivity index (χ3v) is 6.63. The van der Waals surface area contributed by atoms with Crippen molar-refractivity contribution >= 4 is 5.97 Å². The Labute approximate surface area is 184 Å². The zero-order valence-electron chi connectivity index (χ0n) is 16.6. The molecule has 2 atom stereocenters. The van der Waals surface area contributed by atoms with Gasteiger partial charge in [-0.3, -0.25) is 4.90 Å². The van der Waals surface area contributed by atoms with Gasteiger partial charge in [0, 0.05) is 38.4 Å². The van der Waals surface area contributed by atoms with Gasteiger partial charge in [0.15, 0.2) is 11.7 Å². The van der Waals surface area contributed by atoms with E-state index in [1.807, 2.05) is 30.3 Å². The summed E-state index contributed by atoms with van der Waals surface area (Å²) in [5.41, 5.74) is -1.05. The minimum atomic E-state index is -1.65. The van der Waals surface area contributed by atoms with E-state index < -0.39 is 11.6 Å². The molecule has 156 valence electrons. The molecular formula is C21H31IN2O4. The third-order valence-electron chi connectivity index (χ3n) is 6.63. The molecule has 0 saturated carbocycles. The minimum absolute atomic E-state index is 0. The Morgan fingerprint density at radius 1 is 1.25 bits per heavy atom. The SMILES string of the molecule is C[N+]12CCC(CC1)C(OC(=O)C(O)(CN1CCOCC1)c1ccccc1)C2.[I-]. The predicted octanol–water partition coefficient (Wildman–Crippen LogP) is -2.01. The molecule has 4 aliphatic rings. The van der Waals surface area contributed by atoms with Gasteiger partial charge in [-0.1, -0.05) is 30.3 Å². The number of nitrogens with zero attached hydrogens (tertiary/aromatic N) is 2. The number of fused-ring (bicyclic) bond motifs is 3. The molecule has 4 heterocycles. The molecule has 5 rings (SSSR count). The average Bonchev–Trinajstić information content (AvgIpc) is 2.69. The maximum atomic E-state index is 13.3. The van der Waals surface area contributed by atoms with Gasteiger partial charge in [0.25, 0.3) is 0 Å². The summed E-state index contributed by atoms with van der Waals surface area (Å²) in [5.74, 6) is -0.0807. The summed E-state index contributed by atoms with van der Waals surface area (Å²) in [4.78, 5) is 15.3. The van der Waals surface area contributed by atoms with Crippen LogP contribution >= 0.6 is 0 Å². The number of benzene rings is 1. The van der Waals surface area contributed by atoms with Crippen LogP contribution in [-0.2, 0) is 19.9 Å². The highest BCUT2D eigenvalue weighted by atomic mass is 127. The van der Waals surface area contributed by atoms with Crippen LogP contribution in [-0.4, -0.2) is 86.1 Å². The van der Waals surface area contributed by atoms with Gasteiger partial charge in [0.1, 0.15) is 6.54 Å². The van der Waals surface area contributed by atoms with Crippen LogP contribution in [0, 0.1) is 5.92 Å². The van der Waals surface area contributed by atoms with Crippen molar-refractivity contribution in [1.29, 1.82) is 0 Å². The van der Waals surface area contributed by atoms with Gasteiger partial charge in [-0.05, 0) is 5.56 Å². The second kappa shape index (κ2) is 8.95. The summed E-state index contributed by atoms with van der Waals surface area (Å²) in [6.45, 7) is 6.10. The normalized spacial score (nSPS) is 32.2. The number of carbonyl (C=O) groups is 1. The van der Waals surface area contributed by atoms with Crippen LogP contribution < -0.4 is 24.0 Å². The fraction of sp³-hybridized carbons (Fsp3) is 0.667. The first-order valence-corrected chi connectivity index (χ1v) is 10.1. The molecule has 0 radical (unpaired) electrons. The summed E-state index contributed by atoms with van der Waals surface area (Å²) in [5, 5.41) is 11.5. The molecule has 0 aromatic heterocycles. The van der Waals surface area contributed by atoms with E-state index >= 15 is 0 Å². The van der Waals surface area contributed by atoms with Gasteiger partial charge in [0.05, 0.1) is 33.4 Å². The van der Waals surface area contributed by atoms with Gasteiger partial charge < -0.3 is 43.0 Å². The van der Waals surface area contributed by atoms with Crippen molar-refractivity contribution in [3.8, 4) is 0 Å². The van der Waals surface area contributed by atoms with E-state index in [-0.39, 0.29) is 36.6 Å². The number of quaternary nitrogens is 1. The highest BCUT2D eigenvalue weighted by molar-refractivity contribution is 5.81. The average molecular weight is 502 g/mol. The molecule has 7 heteroatoms. The summed E-state index contributed by atoms with van der Waals surface area (Å²) >= 11 is 0. The molecule has 0 aliphatic carbocycles. The van der Waals surface area contributed by atoms with Crippen LogP contribution in [0.5, 0.6) is 0 Å². The number of esters is 1. The first kappa shape index (κ1) is 22.0. The van der Waals surface area contributed by atoms with Gasteiger partial charge in [0.2, 0.25) is 0 Å². The van der Waals surface area contributed by atoms with Crippen LogP contribution in [0.2, 0.25) is 0 Å². The Morgan fingerprint density at radius 3 is 2.50 bits per heavy atom. The van der Waals surface area contributed by atoms with E-state index in [2.05, 4.69) is 11.9 Å². The Kier molecular flexibility index (Phi) is 7.02. The van der Waals surface area contributed by atoms with E-state index in [1.165, 1.54) is 0 Å². The number of morpholine rings is 1. The monoisotopic (exact) mass is 502 g/mol. The maximum Gasteiger partial charge on any atom is 0.344 e. The number of carbonyl (C=O) groups excluding carboxylic acids is 1. The molecule has 2 bridgehead atoms. The topological polar surface area (TPSA) is 59.0 Å². The number of hydrogen-bond donors (Lipinski definition) is 1. The molecule has 28 heavy (non-hydrogen) atoms. The molecule has 0 amide bonds. The lowest BCUT2D eigenvalue weighted by atomic mass is 9.83. The van der Waals surface area contributed by atoms with Crippen molar-refractivity contribution in [3.05, 3.63) is 35.9 Å². The van der Waals surface area contributed by atoms with E-state index in [0.717, 1.165) is 37.0 Å². The molecule has 6 nitrogen and oxygen atoms in total. The number of halogens is 1. The summed E-state index contributed by atoms with van der Waals surface area (Å²) in [7, 11) is 2.24. The van der Waals surface area contributed by atoms with Gasteiger partial charge in [-0.15, -0.1) is 0 Å². The van der Waals surface area contributed by atoms with Gasteiger partial charge >= 0.3 is 5.97 Å². The number of ether oxygens (including phenoxy) is 2. The smallest absolute Gasteiger partial charge is 0.344 e. The lowest BCUT2D eigenvalue weighted by Crippen LogP contribution is -3.00. The largest absolute Gasteiger partial charge is 1.00 e. The van der Waals surface area contributed by atoms with Crippen molar-refractivity contribution < 1.29 is 47.8 Å². The van der Waals surface area contributed by atoms with Crippen molar-refractivity contribution in [1.82, 2.24) is 4.90 Å². The quantitative estimate of drug-likeness (QED) is 0.287. The predicted molar refractivity (Wildman–Crippen MR) is 101 cm³/mol. The van der Waals surface area contributed by atoms with Crippen LogP contribution in [0.1, 0.15) is 18.4 Å². The molecule has 0 spiro atoms. The van der Waals surface area contributed by atoms with Crippen molar-refractivity contribution in [2.75, 3.05) is 59.5 Å². The molecule has 4 saturated heterocycles. The highest BCUT2D eigenvalue weighted by Gasteiger charge is 2.49. The van der Waals surface area contributed by atoms with E-state index in [4.69, 9.17) is 9.47 Å². The minimum Gasteiger partial charge on any atom is -1.00 e. The standard InChI is InChI=1S/C21H31N2O4.HI/c1-23-11-7-17(8-12-23)19(15-23)27-20(24)21(25,18-5-3-2-4-6-18)16-22-9-13-26-14-10-22;/h2-6,17,19,25H,7-16H2,1H3;1H/q+1;/p-1. The lowest BCUT2D eigenvalue weighted by molar-refractivity contribution is -0.928. The fourth-order valence-corrected chi connectivity index (χ4v) is 4.79. The van der Waals surface area contributed by atoms with E-state index in [9.17, 15) is 9.90 Å². The van der Waals surface area contributed by atoms with Crippen molar-refractivity contribution in [3.63, 3.8) is 0 Å². The van der Waals surface area contributed by atoms with E-state index in [1.54, 1.807) is 0 Å². The third kappa shape index (κ3) is 4.53. The van der Waals surface area contributed by atoms with Crippen LogP contribution in [0.25, 0.3) is 0 Å². The van der Waals surface area contributed by atoms with Crippen LogP contribution in [0.3, 0.4) is 0 Å². The summed E-state index contributed by atoms with van der Waals surface area (Å²) in [6.07, 6.45) is 2.11. The van der Waals surface area contributed by atoms with Crippen molar-refractivity contribution in [2.24, 2.45) is 5.92 Å². The first-order chi connectivity index (χ1) is 13.0. The molecule has 1 N–H and O–H groups in total. The first-order valence-electron chi connectivity index (χ1n) is 10.1. The maximum absolute atomic E-state index is 13.3. The fourth-order valence-electron chi connectivity index (χ4n) is 4.79. The Balaban J connectivity index is 0.00000225. The Hall–Kier alpha value is -0.740. The van der Waals surface area contributed by atoms with Crippen LogP contribution in [0.15, 0.2) is 30.3 Å². The van der Waals surface area contributed by atoms with Gasteiger partial charge in [-0.25, -0.2) is 4.79 Å². The van der Waals surface area contributed by atoms with Crippen LogP contribution in [0.4, 0.5) is 0 Å². The molecular weight excluding hydrogens is 471 g/mol. The highest BCUT2D eigenvalue weighted by Crippen LogP contribution is 2.35. The number of aliphatic hydroxyl groups is 1. The molecule has 4 aliphatic heterocycles. The zero-order chi connectivity index (χ0) is 18.9. The summed E-state index contributed by atoms with van der Waals surface area (Å²) < 4.78 is 12.4. The Bertz CT molecular complexity index is 660. The molecule has 1 aromatic carbocycles. The number of piperidine rings is 3. The number of likely N-dealkylation sites (N-methyl/N-ethyl adjacent to an activating group) is 1. The second-order valence-electron chi connectivity index (χ2n) is 8.65. The number of rotatable bonds is 5. The zero-order valence-corrected chi connectivity index (χ0v) is 18.7. The molecule has 4 fully saturated rings. The Morgan fingerprint density at radius 2 is 1.89 bits per heavy atom. The van der Waals surface area contributed by atoms with Gasteiger partial charge in [-0.2, -0.15) is 0 Å².